The van der Waals surface area contributed by atoms with E-state index in [0.717, 1.165) is 0 Å². The van der Waals surface area contributed by atoms with Gasteiger partial charge in [-0.05, 0) is 50.3 Å². The molecule has 1 N–H and O–H groups in total. The van der Waals surface area contributed by atoms with Crippen molar-refractivity contribution in [1.82, 2.24) is 14.3 Å². The van der Waals surface area contributed by atoms with Crippen LogP contribution in [0.3, 0.4) is 0 Å². The number of ether oxygens (including phenoxy) is 1. The Morgan fingerprint density at radius 1 is 1.15 bits per heavy atom. The molecule has 1 saturated heterocycles. The van der Waals surface area contributed by atoms with Crippen molar-refractivity contribution in [2.75, 3.05) is 11.9 Å². The lowest BCUT2D eigenvalue weighted by molar-refractivity contribution is -0.156. The van der Waals surface area contributed by atoms with Gasteiger partial charge in [0.15, 0.2) is 6.10 Å². The topological polar surface area (TPSA) is 103 Å². The molecule has 2 amide bonds. The summed E-state index contributed by atoms with van der Waals surface area (Å²) in [7, 11) is 1.72. The number of esters is 1. The maximum Gasteiger partial charge on any atom is 0.329 e. The Morgan fingerprint density at radius 3 is 2.56 bits per heavy atom. The van der Waals surface area contributed by atoms with E-state index in [1.54, 1.807) is 48.3 Å². The van der Waals surface area contributed by atoms with E-state index in [1.807, 2.05) is 18.2 Å². The van der Waals surface area contributed by atoms with Gasteiger partial charge in [0.2, 0.25) is 0 Å². The van der Waals surface area contributed by atoms with Crippen LogP contribution >= 0.6 is 11.3 Å². The van der Waals surface area contributed by atoms with Gasteiger partial charge in [-0.15, -0.1) is 11.3 Å². The fourth-order valence-electron chi connectivity index (χ4n) is 4.04. The molecule has 0 radical (unpaired) electrons. The molecule has 9 nitrogen and oxygen atoms in total. The Labute approximate surface area is 200 Å². The molecule has 0 unspecified atom stereocenters. The van der Waals surface area contributed by atoms with Crippen LogP contribution in [0.15, 0.2) is 52.6 Å². The summed E-state index contributed by atoms with van der Waals surface area (Å²) in [6, 6.07) is 11.8. The molecule has 34 heavy (non-hydrogen) atoms. The summed E-state index contributed by atoms with van der Waals surface area (Å²) in [5.74, 6) is -1.46. The van der Waals surface area contributed by atoms with Crippen molar-refractivity contribution >= 4 is 34.8 Å². The quantitative estimate of drug-likeness (QED) is 0.545. The number of carbonyl (C=O) groups excluding carboxylic acids is 3. The van der Waals surface area contributed by atoms with Gasteiger partial charge in [0.25, 0.3) is 17.4 Å². The molecule has 3 heterocycles. The highest BCUT2D eigenvalue weighted by molar-refractivity contribution is 7.12. The highest BCUT2D eigenvalue weighted by atomic mass is 32.1. The van der Waals surface area contributed by atoms with E-state index in [9.17, 15) is 19.2 Å². The molecule has 1 aromatic carbocycles. The summed E-state index contributed by atoms with van der Waals surface area (Å²) in [6.45, 7) is 3.63. The normalized spacial score (nSPS) is 16.3. The fraction of sp³-hybridized carbons (Fsp3) is 0.333. The molecular weight excluding hydrogens is 456 g/mol. The molecule has 178 valence electrons. The number of aromatic nitrogens is 2. The average Bonchev–Trinajstić information content (AvgIpc) is 3.57. The van der Waals surface area contributed by atoms with Crippen LogP contribution in [0.1, 0.15) is 35.1 Å². The van der Waals surface area contributed by atoms with Crippen LogP contribution in [0.25, 0.3) is 5.69 Å². The first-order valence-electron chi connectivity index (χ1n) is 11.0. The molecule has 2 aromatic heterocycles. The average molecular weight is 483 g/mol. The van der Waals surface area contributed by atoms with E-state index in [4.69, 9.17) is 4.74 Å². The second-order valence-corrected chi connectivity index (χ2v) is 9.09. The maximum absolute atomic E-state index is 13.0. The van der Waals surface area contributed by atoms with Crippen molar-refractivity contribution in [2.24, 2.45) is 7.05 Å². The standard InChI is InChI=1S/C24H26N4O5S/c1-15-20(23(31)28(26(15)3)17-9-5-4-6-10-17)25-21(29)16(2)33-24(32)18-11-7-13-27(18)22(30)19-12-8-14-34-19/h4-6,8-10,12,14,16,18H,7,11,13H2,1-3H3,(H,25,29)/t16-,18+/m0/s1. The molecule has 1 aliphatic heterocycles. The monoisotopic (exact) mass is 482 g/mol. The number of rotatable bonds is 6. The number of hydrogen-bond donors (Lipinski definition) is 1. The summed E-state index contributed by atoms with van der Waals surface area (Å²) in [5, 5.41) is 4.42. The maximum atomic E-state index is 13.0. The van der Waals surface area contributed by atoms with Gasteiger partial charge in [-0.2, -0.15) is 0 Å². The largest absolute Gasteiger partial charge is 0.451 e. The molecule has 0 bridgehead atoms. The van der Waals surface area contributed by atoms with Crippen molar-refractivity contribution in [3.8, 4) is 5.69 Å². The van der Waals surface area contributed by atoms with Gasteiger partial charge < -0.3 is 15.0 Å². The lowest BCUT2D eigenvalue weighted by Crippen LogP contribution is -2.43. The zero-order chi connectivity index (χ0) is 24.4. The van der Waals surface area contributed by atoms with Gasteiger partial charge >= 0.3 is 5.97 Å². The summed E-state index contributed by atoms with van der Waals surface area (Å²) < 4.78 is 8.51. The van der Waals surface area contributed by atoms with Gasteiger partial charge in [-0.1, -0.05) is 24.3 Å². The number of carbonyl (C=O) groups is 3. The molecule has 10 heteroatoms. The van der Waals surface area contributed by atoms with Crippen molar-refractivity contribution in [1.29, 1.82) is 0 Å². The Hall–Kier alpha value is -3.66. The fourth-order valence-corrected chi connectivity index (χ4v) is 4.72. The number of benzene rings is 1. The Bertz CT molecular complexity index is 1260. The molecule has 0 aliphatic carbocycles. The molecule has 4 rings (SSSR count). The van der Waals surface area contributed by atoms with Gasteiger partial charge in [0.05, 0.1) is 16.3 Å². The van der Waals surface area contributed by atoms with Crippen LogP contribution in [0, 0.1) is 6.92 Å². The number of anilines is 1. The summed E-state index contributed by atoms with van der Waals surface area (Å²) in [5.41, 5.74) is 0.954. The smallest absolute Gasteiger partial charge is 0.329 e. The molecular formula is C24H26N4O5S. The predicted octanol–water partition coefficient (Wildman–Crippen LogP) is 2.72. The van der Waals surface area contributed by atoms with Crippen molar-refractivity contribution in [2.45, 2.75) is 38.8 Å². The Morgan fingerprint density at radius 2 is 1.88 bits per heavy atom. The molecule has 1 aliphatic rings. The second-order valence-electron chi connectivity index (χ2n) is 8.14. The van der Waals surface area contributed by atoms with Crippen molar-refractivity contribution in [3.63, 3.8) is 0 Å². The number of hydrogen-bond acceptors (Lipinski definition) is 6. The first-order chi connectivity index (χ1) is 16.3. The lowest BCUT2D eigenvalue weighted by Gasteiger charge is -2.24. The minimum atomic E-state index is -1.14. The van der Waals surface area contributed by atoms with E-state index in [1.165, 1.54) is 27.8 Å². The summed E-state index contributed by atoms with van der Waals surface area (Å²) >= 11 is 1.31. The van der Waals surface area contributed by atoms with Gasteiger partial charge in [0, 0.05) is 13.6 Å². The van der Waals surface area contributed by atoms with Crippen molar-refractivity contribution in [3.05, 3.63) is 68.8 Å². The van der Waals surface area contributed by atoms with E-state index in [2.05, 4.69) is 5.32 Å². The molecule has 0 spiro atoms. The number of amides is 2. The minimum Gasteiger partial charge on any atom is -0.451 e. The van der Waals surface area contributed by atoms with Crippen LogP contribution in [-0.2, 0) is 21.4 Å². The highest BCUT2D eigenvalue weighted by Gasteiger charge is 2.37. The van der Waals surface area contributed by atoms with Crippen LogP contribution in [-0.4, -0.2) is 50.7 Å². The first kappa shape index (κ1) is 23.5. The SMILES string of the molecule is Cc1c(NC(=O)[C@H](C)OC(=O)[C@H]2CCCN2C(=O)c2cccs2)c(=O)n(-c2ccccc2)n1C. The number of thiophene rings is 1. The minimum absolute atomic E-state index is 0.120. The van der Waals surface area contributed by atoms with E-state index in [-0.39, 0.29) is 17.2 Å². The van der Waals surface area contributed by atoms with Gasteiger partial charge in [0.1, 0.15) is 11.7 Å². The number of likely N-dealkylation sites (tertiary alicyclic amines) is 1. The third-order valence-electron chi connectivity index (χ3n) is 5.98. The summed E-state index contributed by atoms with van der Waals surface area (Å²) in [6.07, 6.45) is 0.0137. The Balaban J connectivity index is 1.45. The number of nitrogens with zero attached hydrogens (tertiary/aromatic N) is 3. The van der Waals surface area contributed by atoms with Crippen LogP contribution < -0.4 is 10.9 Å². The highest BCUT2D eigenvalue weighted by Crippen LogP contribution is 2.23. The molecule has 3 aromatic rings. The zero-order valence-electron chi connectivity index (χ0n) is 19.2. The number of para-hydroxylation sites is 1. The third-order valence-corrected chi connectivity index (χ3v) is 6.84. The number of nitrogens with one attached hydrogen (secondary N) is 1. The van der Waals surface area contributed by atoms with Crippen LogP contribution in [0.5, 0.6) is 0 Å². The van der Waals surface area contributed by atoms with Gasteiger partial charge in [-0.25, -0.2) is 9.48 Å². The Kier molecular flexibility index (Phi) is 6.69. The van der Waals surface area contributed by atoms with E-state index < -0.39 is 24.0 Å². The second kappa shape index (κ2) is 9.68. The predicted molar refractivity (Wildman–Crippen MR) is 128 cm³/mol. The molecule has 0 saturated carbocycles. The van der Waals surface area contributed by atoms with E-state index in [0.29, 0.717) is 35.6 Å². The lowest BCUT2D eigenvalue weighted by atomic mass is 10.2. The van der Waals surface area contributed by atoms with Gasteiger partial charge in [-0.3, -0.25) is 19.1 Å². The van der Waals surface area contributed by atoms with Crippen molar-refractivity contribution < 1.29 is 19.1 Å². The summed E-state index contributed by atoms with van der Waals surface area (Å²) in [4.78, 5) is 53.4. The van der Waals surface area contributed by atoms with Crippen LogP contribution in [0.4, 0.5) is 5.69 Å². The van der Waals surface area contributed by atoms with E-state index >= 15 is 0 Å². The van der Waals surface area contributed by atoms with Crippen LogP contribution in [0.2, 0.25) is 0 Å². The third kappa shape index (κ3) is 4.41. The zero-order valence-corrected chi connectivity index (χ0v) is 20.0. The molecule has 2 atom stereocenters. The first-order valence-corrected chi connectivity index (χ1v) is 11.9. The molecule has 1 fully saturated rings.